The Morgan fingerprint density at radius 2 is 1.38 bits per heavy atom. The van der Waals surface area contributed by atoms with E-state index in [4.69, 9.17) is 4.99 Å². The zero-order valence-corrected chi connectivity index (χ0v) is 19.1. The monoisotopic (exact) mass is 466 g/mol. The molecule has 5 aromatic rings. The molecule has 0 radical (unpaired) electrons. The first-order chi connectivity index (χ1) is 16.6. The Bertz CT molecular complexity index is 1500. The van der Waals surface area contributed by atoms with Crippen LogP contribution in [0.5, 0.6) is 0 Å². The van der Waals surface area contributed by atoms with Gasteiger partial charge < -0.3 is 0 Å². The minimum atomic E-state index is -3.62. The van der Waals surface area contributed by atoms with Crippen LogP contribution in [0.2, 0.25) is 0 Å². The first-order valence-electron chi connectivity index (χ1n) is 10.9. The molecule has 6 nitrogen and oxygen atoms in total. The summed E-state index contributed by atoms with van der Waals surface area (Å²) >= 11 is 0. The fraction of sp³-hybridized carbons (Fsp3) is 0.0741. The van der Waals surface area contributed by atoms with E-state index in [-0.39, 0.29) is 5.75 Å². The minimum Gasteiger partial charge on any atom is -0.278 e. The lowest BCUT2D eigenvalue weighted by molar-refractivity contribution is 0.588. The zero-order chi connectivity index (χ0) is 23.4. The normalized spacial score (nSPS) is 11.4. The van der Waals surface area contributed by atoms with Crippen molar-refractivity contribution >= 4 is 26.9 Å². The van der Waals surface area contributed by atoms with Crippen molar-refractivity contribution in [3.8, 4) is 0 Å². The molecule has 5 rings (SSSR count). The summed E-state index contributed by atoms with van der Waals surface area (Å²) in [5.41, 5.74) is 5.11. The van der Waals surface area contributed by atoms with Gasteiger partial charge in [-0.15, -0.1) is 0 Å². The molecule has 0 bridgehead atoms. The van der Waals surface area contributed by atoms with Crippen molar-refractivity contribution in [2.24, 2.45) is 4.99 Å². The summed E-state index contributed by atoms with van der Waals surface area (Å²) in [5, 5.41) is 0. The van der Waals surface area contributed by atoms with Crippen molar-refractivity contribution < 1.29 is 8.42 Å². The highest BCUT2D eigenvalue weighted by atomic mass is 32.2. The molecule has 0 spiro atoms. The smallest absolute Gasteiger partial charge is 0.244 e. The van der Waals surface area contributed by atoms with Gasteiger partial charge in [-0.3, -0.25) is 4.99 Å². The molecule has 0 amide bonds. The van der Waals surface area contributed by atoms with Gasteiger partial charge in [0.15, 0.2) is 5.65 Å². The van der Waals surface area contributed by atoms with Crippen molar-refractivity contribution in [3.05, 3.63) is 132 Å². The molecule has 0 atom stereocenters. The first-order valence-corrected chi connectivity index (χ1v) is 12.5. The maximum Gasteiger partial charge on any atom is 0.244 e. The molecule has 0 saturated heterocycles. The molecule has 2 heterocycles. The fourth-order valence-corrected chi connectivity index (χ4v) is 5.19. The Kier molecular flexibility index (Phi) is 6.01. The van der Waals surface area contributed by atoms with Crippen LogP contribution in [0.3, 0.4) is 0 Å². The summed E-state index contributed by atoms with van der Waals surface area (Å²) in [6, 6.07) is 30.8. The number of hydrogen-bond acceptors (Lipinski definition) is 5. The molecule has 0 unspecified atom stereocenters. The van der Waals surface area contributed by atoms with Gasteiger partial charge >= 0.3 is 0 Å². The molecule has 0 saturated carbocycles. The summed E-state index contributed by atoms with van der Waals surface area (Å²) in [6.07, 6.45) is 3.10. The molecular formula is C27H22N4O2S. The fourth-order valence-electron chi connectivity index (χ4n) is 3.78. The first kappa shape index (κ1) is 21.7. The second-order valence-corrected chi connectivity index (χ2v) is 9.67. The Hall–Kier alpha value is -4.10. The van der Waals surface area contributed by atoms with Crippen molar-refractivity contribution in [1.29, 1.82) is 0 Å². The van der Waals surface area contributed by atoms with Gasteiger partial charge in [0.25, 0.3) is 0 Å². The summed E-state index contributed by atoms with van der Waals surface area (Å²) in [5.74, 6) is -0.108. The highest BCUT2D eigenvalue weighted by Gasteiger charge is 2.18. The van der Waals surface area contributed by atoms with Gasteiger partial charge in [-0.05, 0) is 11.6 Å². The van der Waals surface area contributed by atoms with E-state index in [0.29, 0.717) is 23.4 Å². The second-order valence-electron chi connectivity index (χ2n) is 7.82. The van der Waals surface area contributed by atoms with Gasteiger partial charge in [0.05, 0.1) is 29.9 Å². The number of benzene rings is 3. The Balaban J connectivity index is 1.44. The van der Waals surface area contributed by atoms with Crippen molar-refractivity contribution in [3.63, 3.8) is 0 Å². The van der Waals surface area contributed by atoms with Crippen LogP contribution in [0.1, 0.15) is 22.4 Å². The van der Waals surface area contributed by atoms with Crippen molar-refractivity contribution in [2.75, 3.05) is 0 Å². The predicted molar refractivity (Wildman–Crippen MR) is 134 cm³/mol. The number of aliphatic imine (C=N–C) groups is 1. The summed E-state index contributed by atoms with van der Waals surface area (Å²) in [7, 11) is -3.62. The molecular weight excluding hydrogens is 444 g/mol. The lowest BCUT2D eigenvalue weighted by atomic mass is 10.0. The van der Waals surface area contributed by atoms with Crippen molar-refractivity contribution in [1.82, 2.24) is 13.9 Å². The van der Waals surface area contributed by atoms with E-state index in [1.165, 1.54) is 10.2 Å². The Morgan fingerprint density at radius 1 is 0.794 bits per heavy atom. The molecule has 0 aliphatic carbocycles. The number of rotatable bonds is 7. The number of nitrogens with zero attached hydrogens (tertiary/aromatic N) is 4. The van der Waals surface area contributed by atoms with Crippen LogP contribution in [0.4, 0.5) is 0 Å². The summed E-state index contributed by atoms with van der Waals surface area (Å²) in [4.78, 5) is 13.9. The van der Waals surface area contributed by atoms with E-state index in [9.17, 15) is 8.42 Å². The Morgan fingerprint density at radius 3 is 2.00 bits per heavy atom. The van der Waals surface area contributed by atoms with E-state index in [1.54, 1.807) is 24.4 Å². The van der Waals surface area contributed by atoms with E-state index < -0.39 is 10.0 Å². The maximum atomic E-state index is 13.0. The molecule has 34 heavy (non-hydrogen) atoms. The van der Waals surface area contributed by atoms with Crippen LogP contribution in [0.15, 0.2) is 114 Å². The van der Waals surface area contributed by atoms with Gasteiger partial charge in [-0.2, -0.15) is 0 Å². The maximum absolute atomic E-state index is 13.0. The molecule has 168 valence electrons. The third-order valence-corrected chi connectivity index (χ3v) is 6.98. The molecule has 3 aromatic carbocycles. The lowest BCUT2D eigenvalue weighted by Crippen LogP contribution is -2.14. The van der Waals surface area contributed by atoms with Crippen LogP contribution >= 0.6 is 0 Å². The quantitative estimate of drug-likeness (QED) is 0.321. The van der Waals surface area contributed by atoms with Crippen LogP contribution in [0.25, 0.3) is 11.2 Å². The predicted octanol–water partition coefficient (Wildman–Crippen LogP) is 4.85. The number of fused-ring (bicyclic) bond motifs is 1. The summed E-state index contributed by atoms with van der Waals surface area (Å²) in [6.45, 7) is 0.323. The highest BCUT2D eigenvalue weighted by Crippen LogP contribution is 2.18. The van der Waals surface area contributed by atoms with E-state index in [2.05, 4.69) is 9.97 Å². The third-order valence-electron chi connectivity index (χ3n) is 5.39. The van der Waals surface area contributed by atoms with Gasteiger partial charge in [-0.1, -0.05) is 91.0 Å². The van der Waals surface area contributed by atoms with Crippen LogP contribution in [-0.2, 0) is 22.3 Å². The SMILES string of the molecule is O=S(=O)(Cc1ccccc1)n1ccc2nc(CN=C(c3ccccc3)c3ccccc3)cnc21. The lowest BCUT2D eigenvalue weighted by Gasteiger charge is -2.08. The van der Waals surface area contributed by atoms with Gasteiger partial charge in [0.2, 0.25) is 10.0 Å². The highest BCUT2D eigenvalue weighted by molar-refractivity contribution is 7.89. The van der Waals surface area contributed by atoms with Crippen LogP contribution in [0, 0.1) is 0 Å². The number of hydrogen-bond donors (Lipinski definition) is 0. The molecule has 0 aliphatic heterocycles. The third kappa shape index (κ3) is 4.65. The van der Waals surface area contributed by atoms with Crippen LogP contribution < -0.4 is 0 Å². The molecule has 0 aliphatic rings. The average Bonchev–Trinajstić information content (AvgIpc) is 3.30. The van der Waals surface area contributed by atoms with Crippen molar-refractivity contribution in [2.45, 2.75) is 12.3 Å². The molecule has 2 aromatic heterocycles. The minimum absolute atomic E-state index is 0.108. The zero-order valence-electron chi connectivity index (χ0n) is 18.3. The molecule has 0 fully saturated rings. The second kappa shape index (κ2) is 9.41. The number of aromatic nitrogens is 3. The van der Waals surface area contributed by atoms with E-state index in [0.717, 1.165) is 22.4 Å². The largest absolute Gasteiger partial charge is 0.278 e. The van der Waals surface area contributed by atoms with Crippen LogP contribution in [-0.4, -0.2) is 28.1 Å². The Labute approximate surface area is 198 Å². The molecule has 0 N–H and O–H groups in total. The average molecular weight is 467 g/mol. The van der Waals surface area contributed by atoms with E-state index in [1.807, 2.05) is 78.9 Å². The van der Waals surface area contributed by atoms with Gasteiger partial charge in [-0.25, -0.2) is 22.4 Å². The molecule has 7 heteroatoms. The van der Waals surface area contributed by atoms with E-state index >= 15 is 0 Å². The topological polar surface area (TPSA) is 77.2 Å². The van der Waals surface area contributed by atoms with Gasteiger partial charge in [0.1, 0.15) is 5.52 Å². The van der Waals surface area contributed by atoms with Gasteiger partial charge in [0, 0.05) is 17.3 Å². The summed E-state index contributed by atoms with van der Waals surface area (Å²) < 4.78 is 27.1. The standard InChI is InChI=1S/C27H22N4O2S/c32-34(33,20-21-10-4-1-5-11-21)31-17-16-25-27(31)29-19-24(30-25)18-28-26(22-12-6-2-7-13-22)23-14-8-3-9-15-23/h1-17,19H,18,20H2.